The fourth-order valence-electron chi connectivity index (χ4n) is 3.14. The lowest BCUT2D eigenvalue weighted by Crippen LogP contribution is -2.50. The van der Waals surface area contributed by atoms with Crippen molar-refractivity contribution in [1.29, 1.82) is 0 Å². The van der Waals surface area contributed by atoms with Gasteiger partial charge in [-0.15, -0.1) is 0 Å². The van der Waals surface area contributed by atoms with Crippen molar-refractivity contribution in [1.82, 2.24) is 15.1 Å². The number of carbonyl (C=O) groups excluding carboxylic acids is 2. The van der Waals surface area contributed by atoms with Gasteiger partial charge in [-0.3, -0.25) is 9.59 Å². The molecular formula is C15H19N3O2. The van der Waals surface area contributed by atoms with E-state index in [4.69, 9.17) is 0 Å². The summed E-state index contributed by atoms with van der Waals surface area (Å²) in [5.41, 5.74) is 1.06. The zero-order chi connectivity index (χ0) is 13.9. The van der Waals surface area contributed by atoms with E-state index in [0.29, 0.717) is 6.54 Å². The fourth-order valence-corrected chi connectivity index (χ4v) is 3.14. The quantitative estimate of drug-likeness (QED) is 0.839. The maximum absolute atomic E-state index is 11.8. The molecule has 0 aromatic heterocycles. The van der Waals surface area contributed by atoms with E-state index in [1.807, 2.05) is 35.2 Å². The molecule has 0 spiro atoms. The van der Waals surface area contributed by atoms with Crippen LogP contribution in [0, 0.1) is 0 Å². The number of nitrogens with zero attached hydrogens (tertiary/aromatic N) is 2. The van der Waals surface area contributed by atoms with Crippen LogP contribution in [0.15, 0.2) is 30.3 Å². The van der Waals surface area contributed by atoms with Crippen LogP contribution in [0.3, 0.4) is 0 Å². The topological polar surface area (TPSA) is 52.7 Å². The van der Waals surface area contributed by atoms with Crippen molar-refractivity contribution in [3.8, 4) is 0 Å². The van der Waals surface area contributed by atoms with Crippen LogP contribution in [-0.2, 0) is 9.59 Å². The van der Waals surface area contributed by atoms with Crippen LogP contribution in [0.1, 0.15) is 31.0 Å². The normalized spacial score (nSPS) is 27.4. The highest BCUT2D eigenvalue weighted by Crippen LogP contribution is 2.29. The molecular weight excluding hydrogens is 254 g/mol. The second-order valence-corrected chi connectivity index (χ2v) is 5.37. The zero-order valence-electron chi connectivity index (χ0n) is 11.4. The average molecular weight is 273 g/mol. The summed E-state index contributed by atoms with van der Waals surface area (Å²) in [6.07, 6.45) is 3.87. The molecule has 0 bridgehead atoms. The molecule has 2 aliphatic heterocycles. The van der Waals surface area contributed by atoms with Crippen molar-refractivity contribution in [3.05, 3.63) is 35.9 Å². The van der Waals surface area contributed by atoms with Crippen LogP contribution in [0.2, 0.25) is 0 Å². The van der Waals surface area contributed by atoms with Crippen LogP contribution in [0.4, 0.5) is 0 Å². The van der Waals surface area contributed by atoms with Gasteiger partial charge in [0.25, 0.3) is 0 Å². The molecule has 0 saturated carbocycles. The van der Waals surface area contributed by atoms with Gasteiger partial charge in [0.15, 0.2) is 0 Å². The van der Waals surface area contributed by atoms with Crippen LogP contribution in [0.25, 0.3) is 0 Å². The van der Waals surface area contributed by atoms with Gasteiger partial charge in [-0.25, -0.2) is 4.90 Å². The summed E-state index contributed by atoms with van der Waals surface area (Å²) in [6.45, 7) is 1.13. The zero-order valence-corrected chi connectivity index (χ0v) is 11.4. The van der Waals surface area contributed by atoms with E-state index in [2.05, 4.69) is 10.2 Å². The molecule has 106 valence electrons. The van der Waals surface area contributed by atoms with Crippen LogP contribution in [0.5, 0.6) is 0 Å². The molecule has 2 atom stereocenters. The number of hydrogen-bond donors (Lipinski definition) is 1. The monoisotopic (exact) mass is 273 g/mol. The number of carbonyl (C=O) groups is 2. The molecule has 1 N–H and O–H groups in total. The van der Waals surface area contributed by atoms with Gasteiger partial charge in [0.05, 0.1) is 12.7 Å². The highest BCUT2D eigenvalue weighted by Gasteiger charge is 2.38. The number of rotatable bonds is 3. The van der Waals surface area contributed by atoms with Gasteiger partial charge in [-0.2, -0.15) is 0 Å². The molecule has 2 saturated heterocycles. The number of hydrogen-bond acceptors (Lipinski definition) is 3. The molecule has 5 nitrogen and oxygen atoms in total. The molecule has 0 radical (unpaired) electrons. The smallest absolute Gasteiger partial charge is 0.235 e. The highest BCUT2D eigenvalue weighted by atomic mass is 16.2. The van der Waals surface area contributed by atoms with Crippen molar-refractivity contribution >= 4 is 12.3 Å². The van der Waals surface area contributed by atoms with E-state index >= 15 is 0 Å². The van der Waals surface area contributed by atoms with Gasteiger partial charge in [0, 0.05) is 6.54 Å². The molecule has 1 aromatic carbocycles. The molecule has 1 aromatic rings. The fraction of sp³-hybridized carbons (Fsp3) is 0.467. The summed E-state index contributed by atoms with van der Waals surface area (Å²) >= 11 is 0. The molecule has 2 fully saturated rings. The minimum absolute atomic E-state index is 0.0189. The molecule has 3 rings (SSSR count). The lowest BCUT2D eigenvalue weighted by Gasteiger charge is -2.40. The predicted octanol–water partition coefficient (Wildman–Crippen LogP) is 1.09. The van der Waals surface area contributed by atoms with Crippen molar-refractivity contribution < 1.29 is 9.59 Å². The van der Waals surface area contributed by atoms with Gasteiger partial charge >= 0.3 is 0 Å². The second kappa shape index (κ2) is 5.63. The predicted molar refractivity (Wildman–Crippen MR) is 74.4 cm³/mol. The third-order valence-electron chi connectivity index (χ3n) is 4.10. The Balaban J connectivity index is 1.86. The maximum atomic E-state index is 11.8. The molecule has 2 amide bonds. The highest BCUT2D eigenvalue weighted by molar-refractivity contribution is 5.80. The first-order valence-corrected chi connectivity index (χ1v) is 7.10. The Labute approximate surface area is 118 Å². The standard InChI is InChI=1S/C15H19N3O2/c19-11-17-9-5-4-8-14(17)18-10-13(20)16-15(18)12-6-2-1-3-7-12/h1-3,6-7,11,14-15H,4-5,8-10H2,(H,16,20). The van der Waals surface area contributed by atoms with Crippen molar-refractivity contribution in [3.63, 3.8) is 0 Å². The largest absolute Gasteiger partial charge is 0.335 e. The third kappa shape index (κ3) is 2.41. The molecule has 20 heavy (non-hydrogen) atoms. The number of nitrogens with one attached hydrogen (secondary N) is 1. The van der Waals surface area contributed by atoms with E-state index in [1.165, 1.54) is 0 Å². The van der Waals surface area contributed by atoms with E-state index < -0.39 is 0 Å². The first kappa shape index (κ1) is 13.1. The van der Waals surface area contributed by atoms with Crippen LogP contribution >= 0.6 is 0 Å². The second-order valence-electron chi connectivity index (χ2n) is 5.37. The van der Waals surface area contributed by atoms with E-state index in [9.17, 15) is 9.59 Å². The molecule has 5 heteroatoms. The Hall–Kier alpha value is -1.88. The lowest BCUT2D eigenvalue weighted by atomic mass is 10.1. The van der Waals surface area contributed by atoms with Crippen molar-refractivity contribution in [2.75, 3.05) is 13.1 Å². The molecule has 2 heterocycles. The van der Waals surface area contributed by atoms with Gasteiger partial charge < -0.3 is 10.2 Å². The summed E-state index contributed by atoms with van der Waals surface area (Å²) < 4.78 is 0. The summed E-state index contributed by atoms with van der Waals surface area (Å²) in [4.78, 5) is 27.0. The Kier molecular flexibility index (Phi) is 3.69. The SMILES string of the molecule is O=CN1CCCCC1N1CC(=O)NC1c1ccccc1. The van der Waals surface area contributed by atoms with Crippen molar-refractivity contribution in [2.24, 2.45) is 0 Å². The van der Waals surface area contributed by atoms with Crippen LogP contribution < -0.4 is 5.32 Å². The number of likely N-dealkylation sites (tertiary alicyclic amines) is 1. The van der Waals surface area contributed by atoms with Gasteiger partial charge in [-0.1, -0.05) is 30.3 Å². The first-order valence-electron chi connectivity index (χ1n) is 7.10. The number of piperidine rings is 1. The first-order chi connectivity index (χ1) is 9.79. The molecule has 0 aliphatic carbocycles. The third-order valence-corrected chi connectivity index (χ3v) is 4.10. The summed E-state index contributed by atoms with van der Waals surface area (Å²) in [5, 5.41) is 3.01. The van der Waals surface area contributed by atoms with Crippen LogP contribution in [-0.4, -0.2) is 41.4 Å². The average Bonchev–Trinajstić information content (AvgIpc) is 2.90. The minimum Gasteiger partial charge on any atom is -0.335 e. The van der Waals surface area contributed by atoms with E-state index in [-0.39, 0.29) is 18.2 Å². The Morgan fingerprint density at radius 1 is 1.20 bits per heavy atom. The summed E-state index contributed by atoms with van der Waals surface area (Å²) in [5.74, 6) is 0.0234. The Morgan fingerprint density at radius 2 is 2.00 bits per heavy atom. The number of benzene rings is 1. The molecule has 2 unspecified atom stereocenters. The summed E-state index contributed by atoms with van der Waals surface area (Å²) in [6, 6.07) is 9.92. The molecule has 2 aliphatic rings. The maximum Gasteiger partial charge on any atom is 0.235 e. The lowest BCUT2D eigenvalue weighted by molar-refractivity contribution is -0.128. The minimum atomic E-state index is -0.130. The Bertz CT molecular complexity index is 491. The van der Waals surface area contributed by atoms with Gasteiger partial charge in [-0.05, 0) is 24.8 Å². The number of amides is 2. The summed E-state index contributed by atoms with van der Waals surface area (Å²) in [7, 11) is 0. The van der Waals surface area contributed by atoms with Crippen molar-refractivity contribution in [2.45, 2.75) is 31.6 Å². The van der Waals surface area contributed by atoms with Gasteiger partial charge in [0.2, 0.25) is 12.3 Å². The van der Waals surface area contributed by atoms with Gasteiger partial charge in [0.1, 0.15) is 6.17 Å². The Morgan fingerprint density at radius 3 is 2.75 bits per heavy atom. The van der Waals surface area contributed by atoms with E-state index in [0.717, 1.165) is 37.8 Å². The van der Waals surface area contributed by atoms with E-state index in [1.54, 1.807) is 0 Å².